The molecule has 2 nitrogen and oxygen atoms in total. The van der Waals surface area contributed by atoms with E-state index < -0.39 is 0 Å². The van der Waals surface area contributed by atoms with Crippen LogP contribution in [0.3, 0.4) is 0 Å². The molecule has 6 aromatic carbocycles. The van der Waals surface area contributed by atoms with Gasteiger partial charge in [-0.05, 0) is 59.0 Å². The maximum absolute atomic E-state index is 2.58. The van der Waals surface area contributed by atoms with Gasteiger partial charge in [0.25, 0.3) is 0 Å². The Morgan fingerprint density at radius 3 is 1.88 bits per heavy atom. The lowest BCUT2D eigenvalue weighted by atomic mass is 9.88. The van der Waals surface area contributed by atoms with E-state index in [0.29, 0.717) is 0 Å². The van der Waals surface area contributed by atoms with E-state index in [1.54, 1.807) is 0 Å². The summed E-state index contributed by atoms with van der Waals surface area (Å²) in [5.74, 6) is 0.208. The van der Waals surface area contributed by atoms with Crippen LogP contribution in [-0.2, 0) is 0 Å². The van der Waals surface area contributed by atoms with Gasteiger partial charge in [-0.1, -0.05) is 127 Å². The molecule has 2 aliphatic rings. The van der Waals surface area contributed by atoms with Crippen molar-refractivity contribution < 1.29 is 0 Å². The summed E-state index contributed by atoms with van der Waals surface area (Å²) in [5, 5.41) is 2.51. The number of hydrogen-bond acceptors (Lipinski definition) is 2. The van der Waals surface area contributed by atoms with Crippen LogP contribution >= 0.6 is 0 Å². The molecule has 2 heteroatoms. The average molecular weight is 539 g/mol. The van der Waals surface area contributed by atoms with Crippen LogP contribution in [-0.4, -0.2) is 6.04 Å². The normalized spacial score (nSPS) is 16.8. The second kappa shape index (κ2) is 10.2. The Bertz CT molecular complexity index is 1900. The monoisotopic (exact) mass is 538 g/mol. The van der Waals surface area contributed by atoms with Crippen LogP contribution in [0.4, 0.5) is 28.4 Å². The molecule has 0 aromatic heterocycles. The number of allylic oxidation sites excluding steroid dienone is 2. The summed E-state index contributed by atoms with van der Waals surface area (Å²) >= 11 is 0. The number of hydrogen-bond donors (Lipinski definition) is 0. The molecular weight excluding hydrogens is 508 g/mol. The molecule has 0 bridgehead atoms. The van der Waals surface area contributed by atoms with Gasteiger partial charge in [0.2, 0.25) is 0 Å². The van der Waals surface area contributed by atoms with Crippen LogP contribution in [0.25, 0.3) is 21.9 Å². The molecule has 0 saturated carbocycles. The van der Waals surface area contributed by atoms with Gasteiger partial charge in [-0.3, -0.25) is 0 Å². The molecule has 0 spiro atoms. The van der Waals surface area contributed by atoms with E-state index in [1.165, 1.54) is 44.5 Å². The average Bonchev–Trinajstić information content (AvgIpc) is 3.42. The Morgan fingerprint density at radius 1 is 0.524 bits per heavy atom. The van der Waals surface area contributed by atoms with E-state index in [1.807, 2.05) is 0 Å². The zero-order chi connectivity index (χ0) is 27.9. The summed E-state index contributed by atoms with van der Waals surface area (Å²) in [7, 11) is 0. The third-order valence-corrected chi connectivity index (χ3v) is 8.52. The van der Waals surface area contributed by atoms with Crippen molar-refractivity contribution in [1.29, 1.82) is 0 Å². The molecule has 1 aliphatic heterocycles. The quantitative estimate of drug-likeness (QED) is 0.215. The van der Waals surface area contributed by atoms with E-state index in [2.05, 4.69) is 180 Å². The summed E-state index contributed by atoms with van der Waals surface area (Å²) < 4.78 is 0. The molecule has 2 unspecified atom stereocenters. The summed E-state index contributed by atoms with van der Waals surface area (Å²) in [4.78, 5) is 5.00. The SMILES string of the molecule is C1=CC2c3c(N(c4ccccc4)c4ccccc4)cc4ccccc4c3N(c3cccc(-c4ccccc4)c3)C2C=C1. The Labute approximate surface area is 247 Å². The van der Waals surface area contributed by atoms with E-state index in [-0.39, 0.29) is 12.0 Å². The molecule has 0 fully saturated rings. The molecule has 0 saturated heterocycles. The second-order valence-electron chi connectivity index (χ2n) is 11.0. The molecular formula is C40H30N2. The van der Waals surface area contributed by atoms with Crippen LogP contribution in [0, 0.1) is 0 Å². The first-order chi connectivity index (χ1) is 20.9. The lowest BCUT2D eigenvalue weighted by molar-refractivity contribution is 0.745. The predicted octanol–water partition coefficient (Wildman–Crippen LogP) is 10.7. The summed E-state index contributed by atoms with van der Waals surface area (Å²) in [6, 6.07) is 52.6. The number of nitrogens with zero attached hydrogens (tertiary/aromatic N) is 2. The molecule has 0 radical (unpaired) electrons. The Kier molecular flexibility index (Phi) is 5.97. The highest BCUT2D eigenvalue weighted by Gasteiger charge is 2.41. The minimum Gasteiger partial charge on any atom is -0.333 e. The second-order valence-corrected chi connectivity index (χ2v) is 11.0. The number of rotatable bonds is 5. The molecule has 1 heterocycles. The molecule has 1 aliphatic carbocycles. The first-order valence-electron chi connectivity index (χ1n) is 14.6. The van der Waals surface area contributed by atoms with Crippen molar-refractivity contribution in [3.63, 3.8) is 0 Å². The van der Waals surface area contributed by atoms with E-state index in [0.717, 1.165) is 11.4 Å². The third kappa shape index (κ3) is 4.03. The van der Waals surface area contributed by atoms with Crippen molar-refractivity contribution in [2.24, 2.45) is 0 Å². The van der Waals surface area contributed by atoms with Gasteiger partial charge in [0, 0.05) is 33.9 Å². The van der Waals surface area contributed by atoms with Crippen molar-refractivity contribution in [1.82, 2.24) is 0 Å². The fourth-order valence-electron chi connectivity index (χ4n) is 6.71. The lowest BCUT2D eigenvalue weighted by Gasteiger charge is -2.30. The Balaban J connectivity index is 1.42. The summed E-state index contributed by atoms with van der Waals surface area (Å²) in [6.07, 6.45) is 9.17. The fourth-order valence-corrected chi connectivity index (χ4v) is 6.71. The van der Waals surface area contributed by atoms with E-state index >= 15 is 0 Å². The molecule has 2 atom stereocenters. The minimum atomic E-state index is 0.175. The van der Waals surface area contributed by atoms with Gasteiger partial charge < -0.3 is 9.80 Å². The minimum absolute atomic E-state index is 0.175. The topological polar surface area (TPSA) is 6.48 Å². The van der Waals surface area contributed by atoms with Crippen LogP contribution in [0.15, 0.2) is 170 Å². The first-order valence-corrected chi connectivity index (χ1v) is 14.6. The summed E-state index contributed by atoms with van der Waals surface area (Å²) in [6.45, 7) is 0. The highest BCUT2D eigenvalue weighted by molar-refractivity contribution is 6.05. The van der Waals surface area contributed by atoms with Crippen molar-refractivity contribution in [2.75, 3.05) is 9.80 Å². The van der Waals surface area contributed by atoms with E-state index in [9.17, 15) is 0 Å². The molecule has 0 N–H and O–H groups in total. The van der Waals surface area contributed by atoms with Crippen molar-refractivity contribution in [3.8, 4) is 11.1 Å². The molecule has 8 rings (SSSR count). The highest BCUT2D eigenvalue weighted by atomic mass is 15.2. The lowest BCUT2D eigenvalue weighted by Crippen LogP contribution is -2.28. The fraction of sp³-hybridized carbons (Fsp3) is 0.0500. The Hall–Kier alpha value is -5.34. The Morgan fingerprint density at radius 2 is 1.14 bits per heavy atom. The largest absolute Gasteiger partial charge is 0.333 e. The summed E-state index contributed by atoms with van der Waals surface area (Å²) in [5.41, 5.74) is 9.83. The molecule has 6 aromatic rings. The maximum atomic E-state index is 2.58. The van der Waals surface area contributed by atoms with Crippen molar-refractivity contribution in [3.05, 3.63) is 175 Å². The number of benzene rings is 6. The predicted molar refractivity (Wildman–Crippen MR) is 177 cm³/mol. The zero-order valence-corrected chi connectivity index (χ0v) is 23.2. The van der Waals surface area contributed by atoms with Crippen LogP contribution in [0.5, 0.6) is 0 Å². The highest BCUT2D eigenvalue weighted by Crippen LogP contribution is 2.56. The third-order valence-electron chi connectivity index (χ3n) is 8.52. The molecule has 42 heavy (non-hydrogen) atoms. The number of para-hydroxylation sites is 2. The van der Waals surface area contributed by atoms with Crippen molar-refractivity contribution in [2.45, 2.75) is 12.0 Å². The number of fused-ring (bicyclic) bond motifs is 5. The van der Waals surface area contributed by atoms with Crippen LogP contribution in [0.2, 0.25) is 0 Å². The van der Waals surface area contributed by atoms with Crippen molar-refractivity contribution >= 4 is 39.2 Å². The van der Waals surface area contributed by atoms with Gasteiger partial charge in [0.1, 0.15) is 0 Å². The molecule has 200 valence electrons. The van der Waals surface area contributed by atoms with Gasteiger partial charge in [-0.25, -0.2) is 0 Å². The van der Waals surface area contributed by atoms with Gasteiger partial charge in [-0.15, -0.1) is 0 Å². The van der Waals surface area contributed by atoms with Gasteiger partial charge in [-0.2, -0.15) is 0 Å². The van der Waals surface area contributed by atoms with Gasteiger partial charge in [0.05, 0.1) is 17.4 Å². The van der Waals surface area contributed by atoms with Crippen LogP contribution < -0.4 is 9.80 Å². The maximum Gasteiger partial charge on any atom is 0.0630 e. The van der Waals surface area contributed by atoms with Crippen LogP contribution in [0.1, 0.15) is 11.5 Å². The smallest absolute Gasteiger partial charge is 0.0630 e. The standard InChI is InChI=1S/C40H30N2/c1-4-15-29(16-5-1)30-18-14-23-34(27-30)42-37-26-13-12-25-36(37)39-38(28-31-17-10-11-24-35(31)40(39)42)41(32-19-6-2-7-20-32)33-21-8-3-9-22-33/h1-28,36-37H. The van der Waals surface area contributed by atoms with E-state index in [4.69, 9.17) is 0 Å². The zero-order valence-electron chi connectivity index (χ0n) is 23.2. The molecule has 0 amide bonds. The number of anilines is 5. The van der Waals surface area contributed by atoms with Gasteiger partial charge in [0.15, 0.2) is 0 Å². The van der Waals surface area contributed by atoms with Gasteiger partial charge >= 0.3 is 0 Å². The first kappa shape index (κ1) is 24.5.